The van der Waals surface area contributed by atoms with Gasteiger partial charge in [-0.2, -0.15) is 0 Å². The van der Waals surface area contributed by atoms with Crippen LogP contribution in [-0.4, -0.2) is 11.6 Å². The molecule has 0 fully saturated rings. The summed E-state index contributed by atoms with van der Waals surface area (Å²) in [6, 6.07) is 3.86. The third-order valence-corrected chi connectivity index (χ3v) is 2.23. The maximum Gasteiger partial charge on any atom is 0.213 e. The normalized spacial score (nSPS) is 12.9. The van der Waals surface area contributed by atoms with Gasteiger partial charge >= 0.3 is 0 Å². The van der Waals surface area contributed by atoms with Gasteiger partial charge in [0.2, 0.25) is 5.88 Å². The molecule has 0 saturated carbocycles. The van der Waals surface area contributed by atoms with Crippen LogP contribution in [0.3, 0.4) is 0 Å². The quantitative estimate of drug-likeness (QED) is 0.808. The molecule has 1 atom stereocenters. The number of ether oxygens (including phenoxy) is 1. The van der Waals surface area contributed by atoms with Crippen LogP contribution < -0.4 is 10.5 Å². The predicted octanol–water partition coefficient (Wildman–Crippen LogP) is 2.53. The summed E-state index contributed by atoms with van der Waals surface area (Å²) in [6.07, 6.45) is 2.83. The standard InChI is InChI=1S/C12H20N2O/c1-9(2)6-7-15-12-5-4-11(8-14-12)10(3)13/h4-5,8-10H,6-7,13H2,1-3H3. The first kappa shape index (κ1) is 12.0. The predicted molar refractivity (Wildman–Crippen MR) is 61.8 cm³/mol. The van der Waals surface area contributed by atoms with Gasteiger partial charge in [0.25, 0.3) is 0 Å². The van der Waals surface area contributed by atoms with E-state index in [2.05, 4.69) is 18.8 Å². The Morgan fingerprint density at radius 2 is 2.07 bits per heavy atom. The fourth-order valence-electron chi connectivity index (χ4n) is 1.15. The first-order valence-electron chi connectivity index (χ1n) is 5.44. The molecule has 1 rings (SSSR count). The number of hydrogen-bond donors (Lipinski definition) is 1. The Balaban J connectivity index is 2.43. The van der Waals surface area contributed by atoms with E-state index in [0.717, 1.165) is 18.6 Å². The van der Waals surface area contributed by atoms with Crippen LogP contribution in [0.25, 0.3) is 0 Å². The SMILES string of the molecule is CC(C)CCOc1ccc(C(C)N)cn1. The van der Waals surface area contributed by atoms with Gasteiger partial charge in [-0.3, -0.25) is 0 Å². The largest absolute Gasteiger partial charge is 0.478 e. The third-order valence-electron chi connectivity index (χ3n) is 2.23. The molecule has 2 N–H and O–H groups in total. The van der Waals surface area contributed by atoms with E-state index in [-0.39, 0.29) is 6.04 Å². The highest BCUT2D eigenvalue weighted by molar-refractivity contribution is 5.19. The molecule has 3 heteroatoms. The maximum atomic E-state index is 5.72. The number of aromatic nitrogens is 1. The zero-order chi connectivity index (χ0) is 11.3. The van der Waals surface area contributed by atoms with Gasteiger partial charge in [0.05, 0.1) is 6.61 Å². The summed E-state index contributed by atoms with van der Waals surface area (Å²) >= 11 is 0. The smallest absolute Gasteiger partial charge is 0.213 e. The lowest BCUT2D eigenvalue weighted by Crippen LogP contribution is -2.06. The van der Waals surface area contributed by atoms with Crippen molar-refractivity contribution in [3.8, 4) is 5.88 Å². The summed E-state index contributed by atoms with van der Waals surface area (Å²) in [5.41, 5.74) is 6.76. The lowest BCUT2D eigenvalue weighted by atomic mass is 10.1. The number of pyridine rings is 1. The van der Waals surface area contributed by atoms with Crippen molar-refractivity contribution >= 4 is 0 Å². The van der Waals surface area contributed by atoms with Crippen molar-refractivity contribution in [3.63, 3.8) is 0 Å². The number of rotatable bonds is 5. The van der Waals surface area contributed by atoms with Crippen LogP contribution in [0.15, 0.2) is 18.3 Å². The average molecular weight is 208 g/mol. The Morgan fingerprint density at radius 1 is 1.33 bits per heavy atom. The Labute approximate surface area is 91.7 Å². The van der Waals surface area contributed by atoms with Gasteiger partial charge < -0.3 is 10.5 Å². The van der Waals surface area contributed by atoms with E-state index < -0.39 is 0 Å². The van der Waals surface area contributed by atoms with E-state index in [1.165, 1.54) is 0 Å². The molecule has 84 valence electrons. The highest BCUT2D eigenvalue weighted by Gasteiger charge is 2.01. The van der Waals surface area contributed by atoms with Gasteiger partial charge in [-0.25, -0.2) is 4.98 Å². The van der Waals surface area contributed by atoms with Crippen molar-refractivity contribution in [3.05, 3.63) is 23.9 Å². The van der Waals surface area contributed by atoms with Gasteiger partial charge in [-0.05, 0) is 24.8 Å². The summed E-state index contributed by atoms with van der Waals surface area (Å²) in [5.74, 6) is 1.34. The van der Waals surface area contributed by atoms with Crippen molar-refractivity contribution in [2.24, 2.45) is 11.7 Å². The zero-order valence-corrected chi connectivity index (χ0v) is 9.73. The molecule has 0 bridgehead atoms. The molecule has 0 spiro atoms. The van der Waals surface area contributed by atoms with Gasteiger partial charge in [0, 0.05) is 18.3 Å². The molecule has 1 heterocycles. The lowest BCUT2D eigenvalue weighted by Gasteiger charge is -2.08. The van der Waals surface area contributed by atoms with Gasteiger partial charge in [-0.15, -0.1) is 0 Å². The van der Waals surface area contributed by atoms with Crippen molar-refractivity contribution in [1.82, 2.24) is 4.98 Å². The van der Waals surface area contributed by atoms with E-state index in [9.17, 15) is 0 Å². The molecule has 3 nitrogen and oxygen atoms in total. The zero-order valence-electron chi connectivity index (χ0n) is 9.73. The average Bonchev–Trinajstić information content (AvgIpc) is 2.18. The van der Waals surface area contributed by atoms with Crippen LogP contribution in [0.4, 0.5) is 0 Å². The van der Waals surface area contributed by atoms with E-state index in [1.54, 1.807) is 6.20 Å². The van der Waals surface area contributed by atoms with Gasteiger partial charge in [0.15, 0.2) is 0 Å². The summed E-state index contributed by atoms with van der Waals surface area (Å²) in [4.78, 5) is 4.19. The molecule has 1 aromatic heterocycles. The molecule has 1 unspecified atom stereocenters. The molecular formula is C12H20N2O. The molecule has 0 aliphatic rings. The molecule has 0 aromatic carbocycles. The minimum absolute atomic E-state index is 0.0298. The summed E-state index contributed by atoms with van der Waals surface area (Å²) in [6.45, 7) is 7.02. The second kappa shape index (κ2) is 5.71. The Bertz CT molecular complexity index is 280. The van der Waals surface area contributed by atoms with Gasteiger partial charge in [-0.1, -0.05) is 19.9 Å². The second-order valence-corrected chi connectivity index (χ2v) is 4.25. The minimum atomic E-state index is 0.0298. The Hall–Kier alpha value is -1.09. The van der Waals surface area contributed by atoms with Gasteiger partial charge in [0.1, 0.15) is 0 Å². The fourth-order valence-corrected chi connectivity index (χ4v) is 1.15. The highest BCUT2D eigenvalue weighted by atomic mass is 16.5. The number of nitrogens with zero attached hydrogens (tertiary/aromatic N) is 1. The van der Waals surface area contributed by atoms with Crippen molar-refractivity contribution in [2.45, 2.75) is 33.2 Å². The van der Waals surface area contributed by atoms with Crippen LogP contribution in [-0.2, 0) is 0 Å². The molecule has 0 saturated heterocycles. The molecule has 1 aromatic rings. The number of nitrogens with two attached hydrogens (primary N) is 1. The Kier molecular flexibility index (Phi) is 4.56. The van der Waals surface area contributed by atoms with E-state index in [0.29, 0.717) is 11.8 Å². The molecule has 15 heavy (non-hydrogen) atoms. The van der Waals surface area contributed by atoms with Crippen molar-refractivity contribution in [1.29, 1.82) is 0 Å². The molecule has 0 aliphatic carbocycles. The lowest BCUT2D eigenvalue weighted by molar-refractivity contribution is 0.279. The summed E-state index contributed by atoms with van der Waals surface area (Å²) in [5, 5.41) is 0. The summed E-state index contributed by atoms with van der Waals surface area (Å²) in [7, 11) is 0. The van der Waals surface area contributed by atoms with Crippen molar-refractivity contribution < 1.29 is 4.74 Å². The Morgan fingerprint density at radius 3 is 2.53 bits per heavy atom. The van der Waals surface area contributed by atoms with E-state index in [1.807, 2.05) is 19.1 Å². The molecule has 0 amide bonds. The van der Waals surface area contributed by atoms with Crippen LogP contribution in [0.5, 0.6) is 5.88 Å². The van der Waals surface area contributed by atoms with E-state index >= 15 is 0 Å². The molecular weight excluding hydrogens is 188 g/mol. The first-order chi connectivity index (χ1) is 7.09. The first-order valence-corrected chi connectivity index (χ1v) is 5.44. The monoisotopic (exact) mass is 208 g/mol. The minimum Gasteiger partial charge on any atom is -0.478 e. The summed E-state index contributed by atoms with van der Waals surface area (Å²) < 4.78 is 5.50. The second-order valence-electron chi connectivity index (χ2n) is 4.25. The fraction of sp³-hybridized carbons (Fsp3) is 0.583. The van der Waals surface area contributed by atoms with Crippen LogP contribution >= 0.6 is 0 Å². The van der Waals surface area contributed by atoms with Crippen LogP contribution in [0.1, 0.15) is 38.8 Å². The number of hydrogen-bond acceptors (Lipinski definition) is 3. The van der Waals surface area contributed by atoms with E-state index in [4.69, 9.17) is 10.5 Å². The van der Waals surface area contributed by atoms with Crippen molar-refractivity contribution in [2.75, 3.05) is 6.61 Å². The third kappa shape index (κ3) is 4.30. The maximum absolute atomic E-state index is 5.72. The topological polar surface area (TPSA) is 48.1 Å². The molecule has 0 aliphatic heterocycles. The van der Waals surface area contributed by atoms with Crippen LogP contribution in [0.2, 0.25) is 0 Å². The molecule has 0 radical (unpaired) electrons. The highest BCUT2D eigenvalue weighted by Crippen LogP contribution is 2.13. The van der Waals surface area contributed by atoms with Crippen LogP contribution in [0, 0.1) is 5.92 Å².